The first kappa shape index (κ1) is 22.2. The molecule has 0 atom stereocenters. The van der Waals surface area contributed by atoms with Gasteiger partial charge in [0.25, 0.3) is 5.91 Å². The van der Waals surface area contributed by atoms with Crippen molar-refractivity contribution in [2.75, 3.05) is 27.2 Å². The van der Waals surface area contributed by atoms with Gasteiger partial charge < -0.3 is 20.3 Å². The minimum atomic E-state index is -0.205. The summed E-state index contributed by atoms with van der Waals surface area (Å²) in [5.41, 5.74) is 2.57. The van der Waals surface area contributed by atoms with Gasteiger partial charge in [0.1, 0.15) is 11.6 Å². The van der Waals surface area contributed by atoms with Gasteiger partial charge in [0.15, 0.2) is 12.6 Å². The zero-order valence-corrected chi connectivity index (χ0v) is 17.5. The lowest BCUT2D eigenvalue weighted by Gasteiger charge is -2.13. The van der Waals surface area contributed by atoms with Crippen molar-refractivity contribution < 1.29 is 13.9 Å². The summed E-state index contributed by atoms with van der Waals surface area (Å²) >= 11 is 0. The third-order valence-electron chi connectivity index (χ3n) is 4.21. The van der Waals surface area contributed by atoms with Crippen molar-refractivity contribution in [1.82, 2.24) is 15.5 Å². The number of aliphatic imine (C=N–C) groups is 1. The fourth-order valence-corrected chi connectivity index (χ4v) is 2.52. The van der Waals surface area contributed by atoms with Crippen LogP contribution < -0.4 is 15.4 Å². The molecule has 29 heavy (non-hydrogen) atoms. The predicted molar refractivity (Wildman–Crippen MR) is 113 cm³/mol. The molecule has 156 valence electrons. The molecule has 1 amide bonds. The summed E-state index contributed by atoms with van der Waals surface area (Å²) in [6.45, 7) is 5.47. The second-order valence-corrected chi connectivity index (χ2v) is 6.86. The van der Waals surface area contributed by atoms with Crippen LogP contribution in [0.1, 0.15) is 23.6 Å². The summed E-state index contributed by atoms with van der Waals surface area (Å²) in [7, 11) is 3.39. The van der Waals surface area contributed by atoms with E-state index in [-0.39, 0.29) is 18.3 Å². The maximum absolute atomic E-state index is 13.4. The Labute approximate surface area is 171 Å². The van der Waals surface area contributed by atoms with E-state index < -0.39 is 0 Å². The molecule has 7 heteroatoms. The fourth-order valence-electron chi connectivity index (χ4n) is 2.52. The summed E-state index contributed by atoms with van der Waals surface area (Å²) in [6.07, 6.45) is 0. The van der Waals surface area contributed by atoms with Crippen LogP contribution in [-0.4, -0.2) is 44.0 Å². The molecule has 0 saturated heterocycles. The van der Waals surface area contributed by atoms with E-state index in [1.54, 1.807) is 27.1 Å². The highest BCUT2D eigenvalue weighted by Crippen LogP contribution is 2.14. The van der Waals surface area contributed by atoms with Crippen LogP contribution in [0.5, 0.6) is 5.75 Å². The van der Waals surface area contributed by atoms with Crippen LogP contribution in [0, 0.1) is 12.7 Å². The summed E-state index contributed by atoms with van der Waals surface area (Å²) in [6, 6.07) is 12.6. The molecule has 6 nitrogen and oxygen atoms in total. The lowest BCUT2D eigenvalue weighted by atomic mass is 10.1. The van der Waals surface area contributed by atoms with Gasteiger partial charge in [-0.3, -0.25) is 4.79 Å². The van der Waals surface area contributed by atoms with Gasteiger partial charge in [-0.05, 0) is 48.7 Å². The van der Waals surface area contributed by atoms with Crippen LogP contribution in [0.25, 0.3) is 0 Å². The van der Waals surface area contributed by atoms with Gasteiger partial charge in [-0.25, -0.2) is 9.38 Å². The van der Waals surface area contributed by atoms with E-state index in [9.17, 15) is 9.18 Å². The van der Waals surface area contributed by atoms with Crippen LogP contribution in [0.2, 0.25) is 0 Å². The quantitative estimate of drug-likeness (QED) is 0.528. The van der Waals surface area contributed by atoms with E-state index in [2.05, 4.69) is 15.6 Å². The average Bonchev–Trinajstić information content (AvgIpc) is 2.71. The van der Waals surface area contributed by atoms with Gasteiger partial charge in [-0.15, -0.1) is 0 Å². The summed E-state index contributed by atoms with van der Waals surface area (Å²) < 4.78 is 19.0. The van der Waals surface area contributed by atoms with Gasteiger partial charge in [-0.2, -0.15) is 0 Å². The zero-order chi connectivity index (χ0) is 21.2. The largest absolute Gasteiger partial charge is 0.484 e. The molecule has 0 saturated carbocycles. The second kappa shape index (κ2) is 11.0. The van der Waals surface area contributed by atoms with Crippen LogP contribution in [0.15, 0.2) is 47.5 Å². The zero-order valence-electron chi connectivity index (χ0n) is 17.5. The Hall–Kier alpha value is -3.09. The van der Waals surface area contributed by atoms with E-state index in [1.807, 2.05) is 37.3 Å². The van der Waals surface area contributed by atoms with Crippen molar-refractivity contribution in [3.63, 3.8) is 0 Å². The number of carbonyl (C=O) groups is 1. The first-order valence-electron chi connectivity index (χ1n) is 9.58. The number of nitrogens with zero attached hydrogens (tertiary/aromatic N) is 2. The fraction of sp³-hybridized carbons (Fsp3) is 0.364. The molecule has 0 bridgehead atoms. The van der Waals surface area contributed by atoms with Crippen LogP contribution in [0.4, 0.5) is 4.39 Å². The molecule has 0 radical (unpaired) electrons. The molecule has 2 aromatic rings. The standard InChI is InChI=1S/C22H29FN4O2/c1-5-24-22(26-14-18-9-10-20(23)16(2)11-18)25-13-17-7-6-8-19(12-17)29-15-21(28)27(3)4/h6-12H,5,13-15H2,1-4H3,(H2,24,25,26). The van der Waals surface area contributed by atoms with Crippen molar-refractivity contribution in [2.45, 2.75) is 26.9 Å². The van der Waals surface area contributed by atoms with Crippen molar-refractivity contribution in [1.29, 1.82) is 0 Å². The first-order valence-corrected chi connectivity index (χ1v) is 9.58. The molecule has 0 heterocycles. The highest BCUT2D eigenvalue weighted by molar-refractivity contribution is 5.79. The highest BCUT2D eigenvalue weighted by atomic mass is 19.1. The van der Waals surface area contributed by atoms with Crippen molar-refractivity contribution in [2.24, 2.45) is 4.99 Å². The molecular weight excluding hydrogens is 371 g/mol. The maximum atomic E-state index is 13.4. The van der Waals surface area contributed by atoms with Gasteiger partial charge in [0.05, 0.1) is 6.54 Å². The van der Waals surface area contributed by atoms with Gasteiger partial charge >= 0.3 is 0 Å². The molecule has 0 aliphatic rings. The van der Waals surface area contributed by atoms with Crippen molar-refractivity contribution in [3.8, 4) is 5.75 Å². The third-order valence-corrected chi connectivity index (χ3v) is 4.21. The molecule has 2 aromatic carbocycles. The number of hydrogen-bond donors (Lipinski definition) is 2. The number of amides is 1. The van der Waals surface area contributed by atoms with E-state index >= 15 is 0 Å². The Morgan fingerprint density at radius 1 is 1.14 bits per heavy atom. The lowest BCUT2D eigenvalue weighted by Crippen LogP contribution is -2.36. The van der Waals surface area contributed by atoms with Gasteiger partial charge in [0, 0.05) is 27.2 Å². The number of aryl methyl sites for hydroxylation is 1. The van der Waals surface area contributed by atoms with Crippen LogP contribution >= 0.6 is 0 Å². The van der Waals surface area contributed by atoms with Crippen molar-refractivity contribution in [3.05, 3.63) is 65.0 Å². The number of rotatable bonds is 8. The molecular formula is C22H29FN4O2. The Morgan fingerprint density at radius 3 is 2.62 bits per heavy atom. The Kier molecular flexibility index (Phi) is 8.45. The number of halogens is 1. The smallest absolute Gasteiger partial charge is 0.259 e. The Balaban J connectivity index is 1.97. The SMILES string of the molecule is CCNC(=NCc1cccc(OCC(=O)N(C)C)c1)NCc1ccc(F)c(C)c1. The van der Waals surface area contributed by atoms with Gasteiger partial charge in [0.2, 0.25) is 0 Å². The predicted octanol–water partition coefficient (Wildman–Crippen LogP) is 2.86. The number of hydrogen-bond acceptors (Lipinski definition) is 3. The second-order valence-electron chi connectivity index (χ2n) is 6.86. The molecule has 0 aromatic heterocycles. The number of nitrogens with one attached hydrogen (secondary N) is 2. The van der Waals surface area contributed by atoms with E-state index in [0.717, 1.165) is 17.7 Å². The van der Waals surface area contributed by atoms with Crippen molar-refractivity contribution >= 4 is 11.9 Å². The number of ether oxygens (including phenoxy) is 1. The first-order chi connectivity index (χ1) is 13.9. The monoisotopic (exact) mass is 400 g/mol. The normalized spacial score (nSPS) is 11.1. The number of carbonyl (C=O) groups excluding carboxylic acids is 1. The molecule has 0 aliphatic heterocycles. The maximum Gasteiger partial charge on any atom is 0.259 e. The molecule has 0 spiro atoms. The van der Waals surface area contributed by atoms with E-state index in [4.69, 9.17) is 4.74 Å². The Morgan fingerprint density at radius 2 is 1.93 bits per heavy atom. The molecule has 2 N–H and O–H groups in total. The molecule has 0 unspecified atom stereocenters. The van der Waals surface area contributed by atoms with Gasteiger partial charge in [-0.1, -0.05) is 24.3 Å². The molecule has 2 rings (SSSR count). The number of likely N-dealkylation sites (N-methyl/N-ethyl adjacent to an activating group) is 1. The Bertz CT molecular complexity index is 852. The van der Waals surface area contributed by atoms with Crippen LogP contribution in [0.3, 0.4) is 0 Å². The number of benzene rings is 2. The van der Waals surface area contributed by atoms with E-state index in [0.29, 0.717) is 30.4 Å². The minimum Gasteiger partial charge on any atom is -0.484 e. The lowest BCUT2D eigenvalue weighted by molar-refractivity contribution is -0.130. The molecule has 0 aliphatic carbocycles. The summed E-state index contributed by atoms with van der Waals surface area (Å²) in [5, 5.41) is 6.46. The van der Waals surface area contributed by atoms with Crippen LogP contribution in [-0.2, 0) is 17.9 Å². The molecule has 0 fully saturated rings. The average molecular weight is 400 g/mol. The third kappa shape index (κ3) is 7.44. The van der Waals surface area contributed by atoms with E-state index in [1.165, 1.54) is 11.0 Å². The number of guanidine groups is 1. The summed E-state index contributed by atoms with van der Waals surface area (Å²) in [5.74, 6) is 1.00. The minimum absolute atomic E-state index is 0.000996. The topological polar surface area (TPSA) is 66.0 Å². The summed E-state index contributed by atoms with van der Waals surface area (Å²) in [4.78, 5) is 17.7. The highest BCUT2D eigenvalue weighted by Gasteiger charge is 2.06.